The molecule has 204 valence electrons. The Kier molecular flexibility index (Phi) is 5.48. The van der Waals surface area contributed by atoms with Gasteiger partial charge in [-0.2, -0.15) is 0 Å². The molecule has 1 N–H and O–H groups in total. The van der Waals surface area contributed by atoms with Gasteiger partial charge in [0.2, 0.25) is 0 Å². The van der Waals surface area contributed by atoms with Crippen molar-refractivity contribution in [2.75, 3.05) is 35.5 Å². The summed E-state index contributed by atoms with van der Waals surface area (Å²) in [6.45, 7) is 3.26. The molecule has 0 spiro atoms. The second kappa shape index (κ2) is 8.61. The first-order chi connectivity index (χ1) is 19.2. The molecule has 5 aromatic carbocycles. The van der Waals surface area contributed by atoms with Gasteiger partial charge in [0, 0.05) is 55.8 Å². The average molecular weight is 543 g/mol. The summed E-state index contributed by atoms with van der Waals surface area (Å²) in [6.07, 6.45) is 0.258. The lowest BCUT2D eigenvalue weighted by molar-refractivity contribution is -0.111. The fourth-order valence-electron chi connectivity index (χ4n) is 6.62. The fourth-order valence-corrected chi connectivity index (χ4v) is 6.62. The highest BCUT2D eigenvalue weighted by Gasteiger charge is 2.36. The summed E-state index contributed by atoms with van der Waals surface area (Å²) in [7, 11) is 7.21. The number of hydrogen-bond donors (Lipinski definition) is 1. The number of aromatic hydroxyl groups is 1. The minimum absolute atomic E-state index is 0.00152. The molecule has 9 nitrogen and oxygen atoms in total. The van der Waals surface area contributed by atoms with Crippen molar-refractivity contribution in [3.63, 3.8) is 0 Å². The molecule has 0 saturated heterocycles. The van der Waals surface area contributed by atoms with E-state index in [1.54, 1.807) is 0 Å². The Morgan fingerprint density at radius 2 is 1.20 bits per heavy atom. The largest absolute Gasteiger partial charge is 0.504 e. The number of phenolic OH excluding ortho intramolecular Hbond substituents is 1. The van der Waals surface area contributed by atoms with Gasteiger partial charge in [-0.1, -0.05) is 5.57 Å². The van der Waals surface area contributed by atoms with E-state index < -0.39 is 5.43 Å². The van der Waals surface area contributed by atoms with Crippen molar-refractivity contribution in [1.82, 2.24) is 0 Å². The summed E-state index contributed by atoms with van der Waals surface area (Å²) in [5, 5.41) is 14.7. The van der Waals surface area contributed by atoms with Crippen LogP contribution < -0.4 is 34.5 Å². The second-order valence-electron chi connectivity index (χ2n) is 9.84. The summed E-state index contributed by atoms with van der Waals surface area (Å²) in [6, 6.07) is 2.65. The summed E-state index contributed by atoms with van der Waals surface area (Å²) < 4.78 is 28.8. The van der Waals surface area contributed by atoms with E-state index in [0.29, 0.717) is 60.3 Å². The normalized spacial score (nSPS) is 13.1. The summed E-state index contributed by atoms with van der Waals surface area (Å²) in [5.41, 5.74) is 1.16. The van der Waals surface area contributed by atoms with Crippen LogP contribution in [-0.2, 0) is 11.2 Å². The third-order valence-electron chi connectivity index (χ3n) is 7.97. The Labute approximate surface area is 227 Å². The van der Waals surface area contributed by atoms with Crippen LogP contribution in [0.15, 0.2) is 27.3 Å². The number of methoxy groups -OCH3 is 5. The van der Waals surface area contributed by atoms with Gasteiger partial charge in [0.15, 0.2) is 39.6 Å². The van der Waals surface area contributed by atoms with Crippen molar-refractivity contribution in [3.05, 3.63) is 49.3 Å². The molecule has 0 amide bonds. The first kappa shape index (κ1) is 25.5. The van der Waals surface area contributed by atoms with Crippen molar-refractivity contribution in [2.45, 2.75) is 20.3 Å². The maximum Gasteiger partial charge on any atom is 0.194 e. The molecule has 0 heterocycles. The number of hydrogen-bond acceptors (Lipinski definition) is 9. The van der Waals surface area contributed by atoms with E-state index in [1.165, 1.54) is 54.6 Å². The monoisotopic (exact) mass is 542 g/mol. The van der Waals surface area contributed by atoms with Crippen LogP contribution in [0, 0.1) is 0 Å². The molecule has 1 aliphatic carbocycles. The number of rotatable bonds is 6. The molecular weight excluding hydrogens is 516 g/mol. The van der Waals surface area contributed by atoms with Crippen LogP contribution in [0.5, 0.6) is 34.5 Å². The highest BCUT2D eigenvalue weighted by Crippen LogP contribution is 2.58. The molecule has 0 radical (unpaired) electrons. The highest BCUT2D eigenvalue weighted by molar-refractivity contribution is 6.41. The SMILES string of the molecule is COc1c(OC)c2c(=O)cc(OC)c3c4c(OC)cc(=O)c5c(O)c(OC)c6c(c(c1CC(C)=C6C(C)=O)c23)c54. The number of carbonyl (C=O) groups is 1. The van der Waals surface area contributed by atoms with E-state index in [4.69, 9.17) is 23.7 Å². The summed E-state index contributed by atoms with van der Waals surface area (Å²) in [5.74, 6) is 0.406. The number of Topliss-reactive ketones (excluding diaryl/α,β-unsaturated/α-hetero) is 1. The molecule has 40 heavy (non-hydrogen) atoms. The van der Waals surface area contributed by atoms with Crippen molar-refractivity contribution in [3.8, 4) is 34.5 Å². The van der Waals surface area contributed by atoms with Gasteiger partial charge < -0.3 is 28.8 Å². The maximum atomic E-state index is 13.7. The zero-order valence-electron chi connectivity index (χ0n) is 23.1. The van der Waals surface area contributed by atoms with Crippen molar-refractivity contribution < 1.29 is 33.6 Å². The number of phenols is 1. The smallest absolute Gasteiger partial charge is 0.194 e. The predicted molar refractivity (Wildman–Crippen MR) is 153 cm³/mol. The molecular formula is C31H26O9. The van der Waals surface area contributed by atoms with Crippen molar-refractivity contribution >= 4 is 54.4 Å². The Balaban J connectivity index is 2.21. The Morgan fingerprint density at radius 3 is 1.70 bits per heavy atom. The van der Waals surface area contributed by atoms with E-state index in [0.717, 1.165) is 0 Å². The Morgan fingerprint density at radius 1 is 0.675 bits per heavy atom. The van der Waals surface area contributed by atoms with Gasteiger partial charge in [-0.15, -0.1) is 0 Å². The number of benzene rings is 5. The molecule has 9 heteroatoms. The molecule has 0 fully saturated rings. The van der Waals surface area contributed by atoms with Gasteiger partial charge in [-0.25, -0.2) is 0 Å². The molecule has 0 atom stereocenters. The quantitative estimate of drug-likeness (QED) is 0.243. The lowest BCUT2D eigenvalue weighted by Crippen LogP contribution is -2.11. The van der Waals surface area contributed by atoms with Crippen LogP contribution in [0.25, 0.3) is 48.7 Å². The average Bonchev–Trinajstić information content (AvgIpc) is 3.06. The standard InChI is InChI=1S/C31H26O9/c1-11-8-13-19-24-21(31(40-7)29(13)38-5)15(34)10-17(37-4)22(24)23-16(36-3)9-14(33)20-26(23)25(19)27(18(11)12(2)32)30(39-6)28(20)35/h9-10,35H,8H2,1-7H3. The number of ketones is 1. The number of allylic oxidation sites excluding steroid dienone is 2. The predicted octanol–water partition coefficient (Wildman–Crippen LogP) is 4.56. The van der Waals surface area contributed by atoms with Crippen LogP contribution in [0.4, 0.5) is 0 Å². The van der Waals surface area contributed by atoms with Crippen LogP contribution in [0.1, 0.15) is 25.0 Å². The van der Waals surface area contributed by atoms with Crippen LogP contribution >= 0.6 is 0 Å². The lowest BCUT2D eigenvalue weighted by atomic mass is 9.82. The van der Waals surface area contributed by atoms with E-state index in [9.17, 15) is 19.5 Å². The van der Waals surface area contributed by atoms with Crippen LogP contribution in [0.2, 0.25) is 0 Å². The molecule has 0 unspecified atom stereocenters. The highest BCUT2D eigenvalue weighted by atomic mass is 16.5. The van der Waals surface area contributed by atoms with Crippen molar-refractivity contribution in [1.29, 1.82) is 0 Å². The summed E-state index contributed by atoms with van der Waals surface area (Å²) >= 11 is 0. The Bertz CT molecular complexity index is 2090. The third-order valence-corrected chi connectivity index (χ3v) is 7.97. The first-order valence-corrected chi connectivity index (χ1v) is 12.5. The van der Waals surface area contributed by atoms with Gasteiger partial charge >= 0.3 is 0 Å². The minimum Gasteiger partial charge on any atom is -0.504 e. The van der Waals surface area contributed by atoms with Gasteiger partial charge in [0.1, 0.15) is 11.5 Å². The molecule has 0 saturated carbocycles. The zero-order chi connectivity index (χ0) is 28.8. The van der Waals surface area contributed by atoms with E-state index >= 15 is 0 Å². The molecule has 5 aromatic rings. The van der Waals surface area contributed by atoms with Crippen molar-refractivity contribution in [2.24, 2.45) is 0 Å². The second-order valence-corrected chi connectivity index (χ2v) is 9.84. The number of carbonyl (C=O) groups excluding carboxylic acids is 1. The van der Waals surface area contributed by atoms with Gasteiger partial charge in [-0.3, -0.25) is 14.4 Å². The van der Waals surface area contributed by atoms with Crippen LogP contribution in [0.3, 0.4) is 0 Å². The van der Waals surface area contributed by atoms with Crippen LogP contribution in [-0.4, -0.2) is 46.4 Å². The van der Waals surface area contributed by atoms with Gasteiger partial charge in [0.05, 0.1) is 46.3 Å². The molecule has 0 bridgehead atoms. The molecule has 1 aliphatic rings. The first-order valence-electron chi connectivity index (χ1n) is 12.5. The molecule has 0 aliphatic heterocycles. The minimum atomic E-state index is -0.496. The van der Waals surface area contributed by atoms with E-state index in [-0.39, 0.29) is 57.2 Å². The lowest BCUT2D eigenvalue weighted by Gasteiger charge is -2.24. The Hall–Kier alpha value is -4.79. The van der Waals surface area contributed by atoms with Gasteiger partial charge in [-0.05, 0) is 25.7 Å². The topological polar surface area (TPSA) is 118 Å². The van der Waals surface area contributed by atoms with Gasteiger partial charge in [0.25, 0.3) is 0 Å². The number of fused-ring (bicyclic) bond motifs is 1. The summed E-state index contributed by atoms with van der Waals surface area (Å²) in [4.78, 5) is 40.5. The van der Waals surface area contributed by atoms with E-state index in [2.05, 4.69) is 0 Å². The molecule has 6 rings (SSSR count). The number of ether oxygens (including phenoxy) is 5. The fraction of sp³-hybridized carbons (Fsp3) is 0.258. The van der Waals surface area contributed by atoms with E-state index in [1.807, 2.05) is 6.92 Å². The third kappa shape index (κ3) is 2.89. The zero-order valence-corrected chi connectivity index (χ0v) is 23.1. The maximum absolute atomic E-state index is 13.7. The molecule has 0 aromatic heterocycles.